The van der Waals surface area contributed by atoms with Gasteiger partial charge in [-0.1, -0.05) is 0 Å². The van der Waals surface area contributed by atoms with Crippen molar-refractivity contribution in [3.05, 3.63) is 35.6 Å². The van der Waals surface area contributed by atoms with E-state index < -0.39 is 0 Å². The molecule has 0 bridgehead atoms. The molecule has 16 heavy (non-hydrogen) atoms. The zero-order valence-corrected chi connectivity index (χ0v) is 9.94. The molecule has 0 saturated carbocycles. The van der Waals surface area contributed by atoms with Crippen LogP contribution in [0.5, 0.6) is 0 Å². The molecule has 0 aromatic heterocycles. The molecule has 1 aromatic carbocycles. The Bertz CT molecular complexity index is 316. The molecular weight excluding hydrogens is 231 g/mol. The molecule has 1 amide bonds. The first-order chi connectivity index (χ1) is 7.24. The molecule has 1 aromatic rings. The minimum absolute atomic E-state index is 0. The molecular formula is C11H16ClFN2O. The fraction of sp³-hybridized carbons (Fsp3) is 0.364. The molecule has 0 radical (unpaired) electrons. The Kier molecular flexibility index (Phi) is 7.50. The second-order valence-electron chi connectivity index (χ2n) is 3.22. The molecule has 90 valence electrons. The van der Waals surface area contributed by atoms with E-state index in [9.17, 15) is 9.18 Å². The van der Waals surface area contributed by atoms with Gasteiger partial charge in [-0.05, 0) is 44.3 Å². The van der Waals surface area contributed by atoms with E-state index in [2.05, 4.69) is 10.6 Å². The SMILES string of the molecule is CNCCCNC(=O)c1ccc(F)cc1.Cl. The summed E-state index contributed by atoms with van der Waals surface area (Å²) in [5.74, 6) is -0.493. The van der Waals surface area contributed by atoms with E-state index in [1.165, 1.54) is 24.3 Å². The number of nitrogens with one attached hydrogen (secondary N) is 2. The van der Waals surface area contributed by atoms with E-state index in [1.807, 2.05) is 7.05 Å². The summed E-state index contributed by atoms with van der Waals surface area (Å²) in [5, 5.41) is 5.74. The van der Waals surface area contributed by atoms with Crippen molar-refractivity contribution in [1.82, 2.24) is 10.6 Å². The van der Waals surface area contributed by atoms with E-state index in [4.69, 9.17) is 0 Å². The predicted octanol–water partition coefficient (Wildman–Crippen LogP) is 1.59. The summed E-state index contributed by atoms with van der Waals surface area (Å²) in [6.07, 6.45) is 0.878. The number of rotatable bonds is 5. The number of carbonyl (C=O) groups excluding carboxylic acids is 1. The molecule has 0 saturated heterocycles. The second kappa shape index (κ2) is 8.07. The number of amides is 1. The maximum Gasteiger partial charge on any atom is 0.251 e. The third-order valence-corrected chi connectivity index (χ3v) is 2.00. The smallest absolute Gasteiger partial charge is 0.251 e. The number of hydrogen-bond donors (Lipinski definition) is 2. The summed E-state index contributed by atoms with van der Waals surface area (Å²) in [4.78, 5) is 11.5. The minimum atomic E-state index is -0.332. The topological polar surface area (TPSA) is 41.1 Å². The minimum Gasteiger partial charge on any atom is -0.352 e. The van der Waals surface area contributed by atoms with Crippen molar-refractivity contribution < 1.29 is 9.18 Å². The Morgan fingerprint density at radius 3 is 2.44 bits per heavy atom. The van der Waals surface area contributed by atoms with Gasteiger partial charge in [-0.25, -0.2) is 4.39 Å². The third-order valence-electron chi connectivity index (χ3n) is 2.00. The summed E-state index contributed by atoms with van der Waals surface area (Å²) < 4.78 is 12.6. The van der Waals surface area contributed by atoms with Crippen molar-refractivity contribution >= 4 is 18.3 Å². The molecule has 2 N–H and O–H groups in total. The lowest BCUT2D eigenvalue weighted by Crippen LogP contribution is -2.26. The Labute approximate surface area is 101 Å². The van der Waals surface area contributed by atoms with Gasteiger partial charge in [-0.3, -0.25) is 4.79 Å². The van der Waals surface area contributed by atoms with Crippen LogP contribution in [-0.4, -0.2) is 26.0 Å². The maximum absolute atomic E-state index is 12.6. The van der Waals surface area contributed by atoms with Crippen LogP contribution in [0.1, 0.15) is 16.8 Å². The fourth-order valence-electron chi connectivity index (χ4n) is 1.17. The highest BCUT2D eigenvalue weighted by Gasteiger charge is 2.03. The highest BCUT2D eigenvalue weighted by molar-refractivity contribution is 5.94. The molecule has 1 rings (SSSR count). The standard InChI is InChI=1S/C11H15FN2O.ClH/c1-13-7-2-8-14-11(15)9-3-5-10(12)6-4-9;/h3-6,13H,2,7-8H2,1H3,(H,14,15);1H. The van der Waals surface area contributed by atoms with Crippen molar-refractivity contribution in [3.63, 3.8) is 0 Å². The highest BCUT2D eigenvalue weighted by Crippen LogP contribution is 2.02. The summed E-state index contributed by atoms with van der Waals surface area (Å²) >= 11 is 0. The molecule has 3 nitrogen and oxygen atoms in total. The average molecular weight is 247 g/mol. The van der Waals surface area contributed by atoms with E-state index in [0.717, 1.165) is 13.0 Å². The van der Waals surface area contributed by atoms with Crippen LogP contribution in [0.4, 0.5) is 4.39 Å². The Morgan fingerprint density at radius 2 is 1.88 bits per heavy atom. The van der Waals surface area contributed by atoms with Crippen molar-refractivity contribution in [2.45, 2.75) is 6.42 Å². The van der Waals surface area contributed by atoms with E-state index in [0.29, 0.717) is 12.1 Å². The summed E-state index contributed by atoms with van der Waals surface area (Å²) in [6, 6.07) is 5.51. The van der Waals surface area contributed by atoms with E-state index in [1.54, 1.807) is 0 Å². The number of benzene rings is 1. The van der Waals surface area contributed by atoms with Gasteiger partial charge in [-0.2, -0.15) is 0 Å². The summed E-state index contributed by atoms with van der Waals surface area (Å²) in [7, 11) is 1.86. The van der Waals surface area contributed by atoms with Crippen molar-refractivity contribution in [3.8, 4) is 0 Å². The van der Waals surface area contributed by atoms with Gasteiger partial charge in [-0.15, -0.1) is 12.4 Å². The Balaban J connectivity index is 0.00000225. The van der Waals surface area contributed by atoms with Gasteiger partial charge >= 0.3 is 0 Å². The third kappa shape index (κ3) is 5.09. The molecule has 0 aliphatic carbocycles. The van der Waals surface area contributed by atoms with Crippen LogP contribution >= 0.6 is 12.4 Å². The van der Waals surface area contributed by atoms with Gasteiger partial charge in [0.15, 0.2) is 0 Å². The van der Waals surface area contributed by atoms with Crippen molar-refractivity contribution in [2.24, 2.45) is 0 Å². The summed E-state index contributed by atoms with van der Waals surface area (Å²) in [6.45, 7) is 1.49. The molecule has 5 heteroatoms. The predicted molar refractivity (Wildman–Crippen MR) is 64.5 cm³/mol. The quantitative estimate of drug-likeness (QED) is 0.775. The molecule has 0 aliphatic heterocycles. The van der Waals surface area contributed by atoms with Gasteiger partial charge in [0.25, 0.3) is 5.91 Å². The van der Waals surface area contributed by atoms with E-state index in [-0.39, 0.29) is 24.1 Å². The number of carbonyl (C=O) groups is 1. The van der Waals surface area contributed by atoms with Crippen molar-refractivity contribution in [1.29, 1.82) is 0 Å². The Morgan fingerprint density at radius 1 is 1.25 bits per heavy atom. The lowest BCUT2D eigenvalue weighted by atomic mass is 10.2. The van der Waals surface area contributed by atoms with Crippen LogP contribution in [0, 0.1) is 5.82 Å². The van der Waals surface area contributed by atoms with Crippen LogP contribution < -0.4 is 10.6 Å². The lowest BCUT2D eigenvalue weighted by Gasteiger charge is -2.04. The second-order valence-corrected chi connectivity index (χ2v) is 3.22. The molecule has 0 heterocycles. The summed E-state index contributed by atoms with van der Waals surface area (Å²) in [5.41, 5.74) is 0.487. The molecule has 0 fully saturated rings. The molecule has 0 unspecified atom stereocenters. The first-order valence-electron chi connectivity index (χ1n) is 4.92. The zero-order chi connectivity index (χ0) is 11.1. The van der Waals surface area contributed by atoms with Crippen LogP contribution in [0.25, 0.3) is 0 Å². The highest BCUT2D eigenvalue weighted by atomic mass is 35.5. The van der Waals surface area contributed by atoms with E-state index >= 15 is 0 Å². The van der Waals surface area contributed by atoms with Crippen LogP contribution in [-0.2, 0) is 0 Å². The van der Waals surface area contributed by atoms with Crippen molar-refractivity contribution in [2.75, 3.05) is 20.1 Å². The maximum atomic E-state index is 12.6. The first-order valence-corrected chi connectivity index (χ1v) is 4.92. The van der Waals surface area contributed by atoms with Crippen LogP contribution in [0.3, 0.4) is 0 Å². The van der Waals surface area contributed by atoms with Gasteiger partial charge in [0.2, 0.25) is 0 Å². The monoisotopic (exact) mass is 246 g/mol. The zero-order valence-electron chi connectivity index (χ0n) is 9.13. The molecule has 0 spiro atoms. The first kappa shape index (κ1) is 14.9. The normalized spacial score (nSPS) is 9.38. The molecule has 0 atom stereocenters. The molecule has 0 aliphatic rings. The number of halogens is 2. The Hall–Kier alpha value is -1.13. The van der Waals surface area contributed by atoms with Crippen LogP contribution in [0.2, 0.25) is 0 Å². The fourth-order valence-corrected chi connectivity index (χ4v) is 1.17. The van der Waals surface area contributed by atoms with Gasteiger partial charge in [0.05, 0.1) is 0 Å². The van der Waals surface area contributed by atoms with Gasteiger partial charge in [0.1, 0.15) is 5.82 Å². The van der Waals surface area contributed by atoms with Crippen LogP contribution in [0.15, 0.2) is 24.3 Å². The largest absolute Gasteiger partial charge is 0.352 e. The van der Waals surface area contributed by atoms with Gasteiger partial charge < -0.3 is 10.6 Å². The van der Waals surface area contributed by atoms with Gasteiger partial charge in [0, 0.05) is 12.1 Å². The average Bonchev–Trinajstić information content (AvgIpc) is 2.25. The lowest BCUT2D eigenvalue weighted by molar-refractivity contribution is 0.0953. The number of hydrogen-bond acceptors (Lipinski definition) is 2.